The summed E-state index contributed by atoms with van der Waals surface area (Å²) in [6, 6.07) is 0. The Balaban J connectivity index is 1.45. The van der Waals surface area contributed by atoms with E-state index < -0.39 is 0 Å². The van der Waals surface area contributed by atoms with Crippen molar-refractivity contribution in [2.45, 2.75) is 104 Å². The number of methoxy groups -OCH3 is 1. The summed E-state index contributed by atoms with van der Waals surface area (Å²) in [5, 5.41) is 0. The molecule has 0 heterocycles. The number of hydrogen-bond donors (Lipinski definition) is 0. The Hall–Kier alpha value is -1.06. The molecule has 0 radical (unpaired) electrons. The van der Waals surface area contributed by atoms with E-state index in [-0.39, 0.29) is 18.0 Å². The zero-order valence-electron chi connectivity index (χ0n) is 20.5. The SMILES string of the molecule is COC(=O)CC[C@@H](C)[C@H]1CCC2C3CC[C@@H]4C[C@H](OC(C)=O)CC[C@]4(C)C3CC[C@@]21C. The van der Waals surface area contributed by atoms with Crippen molar-refractivity contribution in [3.63, 3.8) is 0 Å². The predicted molar refractivity (Wildman–Crippen MR) is 121 cm³/mol. The Bertz CT molecular complexity index is 689. The minimum atomic E-state index is -0.117. The number of carbonyl (C=O) groups is 2. The van der Waals surface area contributed by atoms with Gasteiger partial charge < -0.3 is 9.47 Å². The zero-order valence-corrected chi connectivity index (χ0v) is 20.5. The Labute approximate surface area is 189 Å². The quantitative estimate of drug-likeness (QED) is 0.488. The second-order valence-corrected chi connectivity index (χ2v) is 12.0. The summed E-state index contributed by atoms with van der Waals surface area (Å²) >= 11 is 0. The van der Waals surface area contributed by atoms with Crippen LogP contribution in [0.4, 0.5) is 0 Å². The molecule has 176 valence electrons. The molecule has 31 heavy (non-hydrogen) atoms. The first kappa shape index (κ1) is 23.1. The highest BCUT2D eigenvalue weighted by Crippen LogP contribution is 2.68. The van der Waals surface area contributed by atoms with Crippen LogP contribution in [0.1, 0.15) is 98.3 Å². The maximum atomic E-state index is 11.7. The molecule has 9 atom stereocenters. The average Bonchev–Trinajstić information content (AvgIpc) is 3.09. The standard InChI is InChI=1S/C27H44O4/c1-17(6-11-25(29)30-5)22-9-10-23-21-8-7-19-16-20(31-18(2)28)12-14-26(19,3)24(21)13-15-27(22,23)4/h17,19-24H,6-16H2,1-5H3/t17-,19-,20-,21?,22-,23?,24?,26+,27-/m1/s1. The number of carbonyl (C=O) groups excluding carboxylic acids is 2. The van der Waals surface area contributed by atoms with Gasteiger partial charge in [0.05, 0.1) is 7.11 Å². The summed E-state index contributed by atoms with van der Waals surface area (Å²) < 4.78 is 10.5. The highest BCUT2D eigenvalue weighted by molar-refractivity contribution is 5.69. The number of ether oxygens (including phenoxy) is 2. The van der Waals surface area contributed by atoms with Crippen LogP contribution in [0.25, 0.3) is 0 Å². The van der Waals surface area contributed by atoms with Crippen LogP contribution < -0.4 is 0 Å². The molecule has 0 aromatic heterocycles. The molecule has 3 unspecified atom stereocenters. The highest BCUT2D eigenvalue weighted by Gasteiger charge is 2.60. The molecular weight excluding hydrogens is 388 g/mol. The molecule has 4 rings (SSSR count). The van der Waals surface area contributed by atoms with Gasteiger partial charge in [0.2, 0.25) is 0 Å². The molecule has 4 nitrogen and oxygen atoms in total. The fourth-order valence-electron chi connectivity index (χ4n) is 9.18. The molecule has 0 N–H and O–H groups in total. The molecule has 0 aromatic carbocycles. The van der Waals surface area contributed by atoms with Crippen LogP contribution in [0, 0.1) is 46.3 Å². The van der Waals surface area contributed by atoms with Crippen LogP contribution in [-0.4, -0.2) is 25.2 Å². The molecule has 4 aliphatic rings. The third-order valence-electron chi connectivity index (χ3n) is 10.7. The second kappa shape index (κ2) is 8.71. The lowest BCUT2D eigenvalue weighted by molar-refractivity contribution is -0.160. The lowest BCUT2D eigenvalue weighted by atomic mass is 9.44. The van der Waals surface area contributed by atoms with Gasteiger partial charge in [0.25, 0.3) is 0 Å². The molecule has 4 fully saturated rings. The highest BCUT2D eigenvalue weighted by atomic mass is 16.5. The van der Waals surface area contributed by atoms with Gasteiger partial charge in [0.1, 0.15) is 6.10 Å². The predicted octanol–water partition coefficient (Wildman–Crippen LogP) is 6.17. The van der Waals surface area contributed by atoms with Gasteiger partial charge in [-0.1, -0.05) is 20.8 Å². The van der Waals surface area contributed by atoms with E-state index >= 15 is 0 Å². The monoisotopic (exact) mass is 432 g/mol. The summed E-state index contributed by atoms with van der Waals surface area (Å²) in [5.74, 6) is 4.42. The normalized spacial score (nSPS) is 45.1. The van der Waals surface area contributed by atoms with Crippen molar-refractivity contribution in [1.29, 1.82) is 0 Å². The van der Waals surface area contributed by atoms with Crippen molar-refractivity contribution in [3.8, 4) is 0 Å². The minimum Gasteiger partial charge on any atom is -0.469 e. The molecule has 0 aromatic rings. The molecule has 0 saturated heterocycles. The van der Waals surface area contributed by atoms with E-state index in [4.69, 9.17) is 9.47 Å². The molecule has 0 amide bonds. The van der Waals surface area contributed by atoms with E-state index in [0.717, 1.165) is 42.9 Å². The lowest BCUT2D eigenvalue weighted by Gasteiger charge is -2.61. The summed E-state index contributed by atoms with van der Waals surface area (Å²) in [5.41, 5.74) is 0.865. The van der Waals surface area contributed by atoms with Crippen molar-refractivity contribution < 1.29 is 19.1 Å². The van der Waals surface area contributed by atoms with Crippen molar-refractivity contribution >= 4 is 11.9 Å². The van der Waals surface area contributed by atoms with Crippen LogP contribution in [0.5, 0.6) is 0 Å². The molecule has 4 heteroatoms. The van der Waals surface area contributed by atoms with Gasteiger partial charge >= 0.3 is 11.9 Å². The number of esters is 2. The smallest absolute Gasteiger partial charge is 0.305 e. The van der Waals surface area contributed by atoms with E-state index in [9.17, 15) is 9.59 Å². The van der Waals surface area contributed by atoms with Gasteiger partial charge in [-0.05, 0) is 111 Å². The average molecular weight is 433 g/mol. The lowest BCUT2D eigenvalue weighted by Crippen LogP contribution is -2.54. The number of rotatable bonds is 5. The molecular formula is C27H44O4. The number of fused-ring (bicyclic) bond motifs is 5. The van der Waals surface area contributed by atoms with Crippen LogP contribution in [-0.2, 0) is 19.1 Å². The van der Waals surface area contributed by atoms with Crippen LogP contribution in [0.15, 0.2) is 0 Å². The third kappa shape index (κ3) is 4.06. The van der Waals surface area contributed by atoms with E-state index in [1.807, 2.05) is 0 Å². The van der Waals surface area contributed by atoms with E-state index in [0.29, 0.717) is 29.1 Å². The topological polar surface area (TPSA) is 52.6 Å². The fourth-order valence-corrected chi connectivity index (χ4v) is 9.18. The first-order valence-corrected chi connectivity index (χ1v) is 12.9. The molecule has 4 saturated carbocycles. The van der Waals surface area contributed by atoms with Crippen molar-refractivity contribution in [1.82, 2.24) is 0 Å². The largest absolute Gasteiger partial charge is 0.469 e. The van der Waals surface area contributed by atoms with Crippen molar-refractivity contribution in [2.24, 2.45) is 46.3 Å². The third-order valence-corrected chi connectivity index (χ3v) is 10.7. The summed E-state index contributed by atoms with van der Waals surface area (Å²) in [6.07, 6.45) is 13.1. The van der Waals surface area contributed by atoms with E-state index in [1.165, 1.54) is 52.1 Å². The number of hydrogen-bond acceptors (Lipinski definition) is 4. The molecule has 0 spiro atoms. The van der Waals surface area contributed by atoms with Crippen molar-refractivity contribution in [2.75, 3.05) is 7.11 Å². The summed E-state index contributed by atoms with van der Waals surface area (Å²) in [7, 11) is 1.50. The maximum absolute atomic E-state index is 11.7. The Kier molecular flexibility index (Phi) is 6.49. The maximum Gasteiger partial charge on any atom is 0.305 e. The molecule has 4 aliphatic carbocycles. The van der Waals surface area contributed by atoms with Crippen LogP contribution in [0.2, 0.25) is 0 Å². The van der Waals surface area contributed by atoms with Crippen molar-refractivity contribution in [3.05, 3.63) is 0 Å². The van der Waals surface area contributed by atoms with Gasteiger partial charge in [0, 0.05) is 13.3 Å². The van der Waals surface area contributed by atoms with E-state index in [2.05, 4.69) is 20.8 Å². The van der Waals surface area contributed by atoms with Gasteiger partial charge in [-0.15, -0.1) is 0 Å². The zero-order chi connectivity index (χ0) is 22.4. The van der Waals surface area contributed by atoms with E-state index in [1.54, 1.807) is 6.92 Å². The summed E-state index contributed by atoms with van der Waals surface area (Å²) in [6.45, 7) is 9.09. The summed E-state index contributed by atoms with van der Waals surface area (Å²) in [4.78, 5) is 23.2. The van der Waals surface area contributed by atoms with Gasteiger partial charge in [-0.3, -0.25) is 9.59 Å². The van der Waals surface area contributed by atoms with Crippen LogP contribution >= 0.6 is 0 Å². The Morgan fingerprint density at radius 3 is 2.39 bits per heavy atom. The van der Waals surface area contributed by atoms with Gasteiger partial charge in [-0.2, -0.15) is 0 Å². The fraction of sp³-hybridized carbons (Fsp3) is 0.926. The first-order valence-electron chi connectivity index (χ1n) is 12.9. The Morgan fingerprint density at radius 1 is 0.968 bits per heavy atom. The Morgan fingerprint density at radius 2 is 1.68 bits per heavy atom. The molecule has 0 aliphatic heterocycles. The second-order valence-electron chi connectivity index (χ2n) is 12.0. The molecule has 0 bridgehead atoms. The first-order chi connectivity index (χ1) is 14.7. The van der Waals surface area contributed by atoms with Crippen LogP contribution in [0.3, 0.4) is 0 Å². The van der Waals surface area contributed by atoms with Gasteiger partial charge in [-0.25, -0.2) is 0 Å². The van der Waals surface area contributed by atoms with Gasteiger partial charge in [0.15, 0.2) is 0 Å². The minimum absolute atomic E-state index is 0.0640.